The van der Waals surface area contributed by atoms with Crippen LogP contribution >= 0.6 is 0 Å². The number of para-hydroxylation sites is 2. The van der Waals surface area contributed by atoms with Gasteiger partial charge in [0, 0.05) is 29.9 Å². The molecule has 6 rings (SSSR count). The Bertz CT molecular complexity index is 1340. The number of amides is 1. The smallest absolute Gasteiger partial charge is 0.264 e. The Morgan fingerprint density at radius 1 is 0.939 bits per heavy atom. The van der Waals surface area contributed by atoms with Crippen molar-refractivity contribution in [2.75, 3.05) is 13.2 Å². The first-order chi connectivity index (χ1) is 16.2. The first-order valence-corrected chi connectivity index (χ1v) is 11.0. The van der Waals surface area contributed by atoms with Crippen molar-refractivity contribution in [3.8, 4) is 28.4 Å². The second kappa shape index (κ2) is 8.13. The van der Waals surface area contributed by atoms with Crippen molar-refractivity contribution in [3.63, 3.8) is 0 Å². The van der Waals surface area contributed by atoms with Gasteiger partial charge in [0.2, 0.25) is 6.10 Å². The van der Waals surface area contributed by atoms with E-state index in [1.807, 2.05) is 36.5 Å². The number of carbonyl (C=O) groups is 1. The Morgan fingerprint density at radius 2 is 1.85 bits per heavy atom. The van der Waals surface area contributed by atoms with Gasteiger partial charge in [0.25, 0.3) is 5.91 Å². The Balaban J connectivity index is 1.13. The topological polar surface area (TPSA) is 69.7 Å². The van der Waals surface area contributed by atoms with Gasteiger partial charge in [0.05, 0.1) is 6.54 Å². The number of nitrogens with zero attached hydrogens (tertiary/aromatic N) is 1. The molecule has 3 heterocycles. The van der Waals surface area contributed by atoms with Crippen LogP contribution in [0.25, 0.3) is 21.9 Å². The standard InChI is InChI=1S/C27H22N2O4/c30-27(26-16-31-24-5-1-2-6-25(24)33-26)29-15-20-13-22-21-9-7-17(19-4-3-11-28-14-19)12-18(21)8-10-23(22)32-20/h1-12,14,20,26H,13,15-16H2,(H,29,30). The molecule has 164 valence electrons. The summed E-state index contributed by atoms with van der Waals surface area (Å²) in [7, 11) is 0. The highest BCUT2D eigenvalue weighted by Gasteiger charge is 2.30. The molecule has 1 amide bonds. The van der Waals surface area contributed by atoms with E-state index in [2.05, 4.69) is 40.6 Å². The molecule has 4 aromatic rings. The van der Waals surface area contributed by atoms with Crippen molar-refractivity contribution < 1.29 is 19.0 Å². The average molecular weight is 438 g/mol. The van der Waals surface area contributed by atoms with Crippen LogP contribution in [-0.2, 0) is 11.2 Å². The van der Waals surface area contributed by atoms with Crippen molar-refractivity contribution >= 4 is 16.7 Å². The molecule has 0 bridgehead atoms. The fourth-order valence-electron chi connectivity index (χ4n) is 4.45. The van der Waals surface area contributed by atoms with Crippen LogP contribution in [0.3, 0.4) is 0 Å². The number of hydrogen-bond donors (Lipinski definition) is 1. The summed E-state index contributed by atoms with van der Waals surface area (Å²) >= 11 is 0. The van der Waals surface area contributed by atoms with E-state index in [9.17, 15) is 4.79 Å². The third-order valence-corrected chi connectivity index (χ3v) is 6.11. The Morgan fingerprint density at radius 3 is 2.73 bits per heavy atom. The second-order valence-corrected chi connectivity index (χ2v) is 8.27. The second-order valence-electron chi connectivity index (χ2n) is 8.27. The van der Waals surface area contributed by atoms with Gasteiger partial charge in [-0.15, -0.1) is 0 Å². The fraction of sp³-hybridized carbons (Fsp3) is 0.185. The number of carbonyl (C=O) groups excluding carboxylic acids is 1. The van der Waals surface area contributed by atoms with Crippen molar-refractivity contribution in [2.45, 2.75) is 18.6 Å². The minimum atomic E-state index is -0.671. The van der Waals surface area contributed by atoms with Gasteiger partial charge >= 0.3 is 0 Å². The molecule has 2 aliphatic rings. The summed E-state index contributed by atoms with van der Waals surface area (Å²) in [5.74, 6) is 1.93. The number of ether oxygens (including phenoxy) is 3. The molecule has 33 heavy (non-hydrogen) atoms. The summed E-state index contributed by atoms with van der Waals surface area (Å²) in [6.07, 6.45) is 3.60. The van der Waals surface area contributed by atoms with Gasteiger partial charge < -0.3 is 19.5 Å². The molecule has 0 spiro atoms. The number of hydrogen-bond acceptors (Lipinski definition) is 5. The largest absolute Gasteiger partial charge is 0.488 e. The predicted molar refractivity (Wildman–Crippen MR) is 125 cm³/mol. The maximum absolute atomic E-state index is 12.6. The van der Waals surface area contributed by atoms with Crippen molar-refractivity contribution in [1.29, 1.82) is 0 Å². The number of fused-ring (bicyclic) bond motifs is 4. The highest BCUT2D eigenvalue weighted by molar-refractivity contribution is 5.92. The summed E-state index contributed by atoms with van der Waals surface area (Å²) in [4.78, 5) is 16.9. The zero-order valence-corrected chi connectivity index (χ0v) is 17.9. The van der Waals surface area contributed by atoms with Crippen LogP contribution in [0.4, 0.5) is 0 Å². The molecule has 2 unspecified atom stereocenters. The molecule has 2 atom stereocenters. The molecule has 1 aromatic heterocycles. The summed E-state index contributed by atoms with van der Waals surface area (Å²) < 4.78 is 17.6. The molecule has 0 fully saturated rings. The number of benzene rings is 3. The van der Waals surface area contributed by atoms with E-state index in [4.69, 9.17) is 14.2 Å². The first kappa shape index (κ1) is 19.6. The van der Waals surface area contributed by atoms with Gasteiger partial charge in [-0.05, 0) is 46.7 Å². The Kier molecular flexibility index (Phi) is 4.83. The van der Waals surface area contributed by atoms with Crippen molar-refractivity contribution in [3.05, 3.63) is 84.7 Å². The normalized spacial score (nSPS) is 18.4. The lowest BCUT2D eigenvalue weighted by atomic mass is 9.97. The van der Waals surface area contributed by atoms with E-state index in [0.717, 1.165) is 28.7 Å². The highest BCUT2D eigenvalue weighted by atomic mass is 16.6. The SMILES string of the molecule is O=C(NCC1Cc2c(ccc3cc(-c4cccnc4)ccc23)O1)C1COc2ccccc2O1. The quantitative estimate of drug-likeness (QED) is 0.518. The van der Waals surface area contributed by atoms with Crippen LogP contribution in [0.1, 0.15) is 5.56 Å². The highest BCUT2D eigenvalue weighted by Crippen LogP contribution is 2.36. The lowest BCUT2D eigenvalue weighted by molar-refractivity contribution is -0.130. The van der Waals surface area contributed by atoms with Gasteiger partial charge in [-0.25, -0.2) is 0 Å². The molecular weight excluding hydrogens is 416 g/mol. The fourth-order valence-corrected chi connectivity index (χ4v) is 4.45. The molecule has 0 saturated heterocycles. The molecule has 1 N–H and O–H groups in total. The summed E-state index contributed by atoms with van der Waals surface area (Å²) in [5, 5.41) is 5.30. The monoisotopic (exact) mass is 438 g/mol. The summed E-state index contributed by atoms with van der Waals surface area (Å²) in [5.41, 5.74) is 3.40. The number of aromatic nitrogens is 1. The minimum Gasteiger partial charge on any atom is -0.488 e. The number of pyridine rings is 1. The van der Waals surface area contributed by atoms with E-state index in [0.29, 0.717) is 18.0 Å². The Labute approximate surface area is 191 Å². The molecule has 2 aliphatic heterocycles. The maximum Gasteiger partial charge on any atom is 0.264 e. The van der Waals surface area contributed by atoms with E-state index < -0.39 is 6.10 Å². The summed E-state index contributed by atoms with van der Waals surface area (Å²) in [6.45, 7) is 0.600. The molecule has 0 saturated carbocycles. The van der Waals surface area contributed by atoms with E-state index in [1.165, 1.54) is 10.9 Å². The molecule has 0 aliphatic carbocycles. The van der Waals surface area contributed by atoms with Crippen LogP contribution in [0.15, 0.2) is 79.1 Å². The third-order valence-electron chi connectivity index (χ3n) is 6.11. The van der Waals surface area contributed by atoms with E-state index in [-0.39, 0.29) is 18.6 Å². The van der Waals surface area contributed by atoms with Gasteiger partial charge in [0.15, 0.2) is 11.5 Å². The van der Waals surface area contributed by atoms with Gasteiger partial charge in [-0.2, -0.15) is 0 Å². The first-order valence-electron chi connectivity index (χ1n) is 11.0. The molecule has 3 aromatic carbocycles. The molecule has 0 radical (unpaired) electrons. The van der Waals surface area contributed by atoms with E-state index in [1.54, 1.807) is 12.3 Å². The number of rotatable bonds is 4. The summed E-state index contributed by atoms with van der Waals surface area (Å²) in [6, 6.07) is 21.9. The van der Waals surface area contributed by atoms with Crippen LogP contribution < -0.4 is 19.5 Å². The zero-order chi connectivity index (χ0) is 22.2. The average Bonchev–Trinajstić information content (AvgIpc) is 3.31. The van der Waals surface area contributed by atoms with Gasteiger partial charge in [0.1, 0.15) is 18.5 Å². The van der Waals surface area contributed by atoms with Gasteiger partial charge in [-0.1, -0.05) is 36.4 Å². The van der Waals surface area contributed by atoms with Crippen molar-refractivity contribution in [1.82, 2.24) is 10.3 Å². The van der Waals surface area contributed by atoms with Gasteiger partial charge in [-0.3, -0.25) is 9.78 Å². The molecule has 6 nitrogen and oxygen atoms in total. The van der Waals surface area contributed by atoms with E-state index >= 15 is 0 Å². The van der Waals surface area contributed by atoms with Crippen LogP contribution in [0.2, 0.25) is 0 Å². The van der Waals surface area contributed by atoms with Crippen LogP contribution in [0, 0.1) is 0 Å². The third kappa shape index (κ3) is 3.74. The maximum atomic E-state index is 12.6. The van der Waals surface area contributed by atoms with Crippen molar-refractivity contribution in [2.24, 2.45) is 0 Å². The van der Waals surface area contributed by atoms with Crippen LogP contribution in [-0.4, -0.2) is 36.3 Å². The number of nitrogens with one attached hydrogen (secondary N) is 1. The van der Waals surface area contributed by atoms with Crippen LogP contribution in [0.5, 0.6) is 17.2 Å². The lowest BCUT2D eigenvalue weighted by Crippen LogP contribution is -2.46. The lowest BCUT2D eigenvalue weighted by Gasteiger charge is -2.25. The zero-order valence-electron chi connectivity index (χ0n) is 17.9. The molecule has 6 heteroatoms. The molecular formula is C27H22N2O4. The minimum absolute atomic E-state index is 0.121. The predicted octanol–water partition coefficient (Wildman–Crippen LogP) is 4.16. The Hall–Kier alpha value is -4.06.